The molecule has 1 amide bonds. The van der Waals surface area contributed by atoms with E-state index in [1.807, 2.05) is 6.07 Å². The Balaban J connectivity index is 1.69. The molecule has 1 N–H and O–H groups in total. The van der Waals surface area contributed by atoms with Crippen LogP contribution in [0.1, 0.15) is 32.0 Å². The number of H-pyrrole nitrogens is 1. The van der Waals surface area contributed by atoms with E-state index in [4.69, 9.17) is 4.74 Å². The summed E-state index contributed by atoms with van der Waals surface area (Å²) in [5.41, 5.74) is 3.64. The molecule has 0 spiro atoms. The number of hydrogen-bond donors (Lipinski definition) is 1. The lowest BCUT2D eigenvalue weighted by Crippen LogP contribution is -2.36. The number of carbonyl (C=O) groups is 2. The number of esters is 1. The normalized spacial score (nSPS) is 13.5. The molecule has 1 aromatic carbocycles. The molecular formula is C20H19N3O4. The number of fused-ring (bicyclic) bond motifs is 3. The summed E-state index contributed by atoms with van der Waals surface area (Å²) in [5, 5.41) is 0.911. The highest BCUT2D eigenvalue weighted by Crippen LogP contribution is 2.29. The van der Waals surface area contributed by atoms with Crippen molar-refractivity contribution in [2.45, 2.75) is 13.0 Å². The van der Waals surface area contributed by atoms with Crippen LogP contribution in [0, 0.1) is 0 Å². The number of aryl methyl sites for hydroxylation is 1. The summed E-state index contributed by atoms with van der Waals surface area (Å²) in [6.07, 6.45) is 2.29. The third-order valence-electron chi connectivity index (χ3n) is 5.03. The van der Waals surface area contributed by atoms with E-state index in [2.05, 4.69) is 4.98 Å². The number of amides is 1. The van der Waals surface area contributed by atoms with Gasteiger partial charge < -0.3 is 19.2 Å². The average Bonchev–Trinajstić information content (AvgIpc) is 3.05. The maximum atomic E-state index is 12.8. The number of methoxy groups -OCH3 is 1. The second kappa shape index (κ2) is 6.42. The van der Waals surface area contributed by atoms with Crippen LogP contribution in [0.25, 0.3) is 10.9 Å². The zero-order valence-corrected chi connectivity index (χ0v) is 15.1. The lowest BCUT2D eigenvalue weighted by molar-refractivity contribution is 0.0600. The maximum Gasteiger partial charge on any atom is 0.337 e. The Kier molecular flexibility index (Phi) is 4.07. The molecule has 0 saturated carbocycles. The number of aromatic amines is 1. The van der Waals surface area contributed by atoms with Gasteiger partial charge in [0.05, 0.1) is 12.7 Å². The third-order valence-corrected chi connectivity index (χ3v) is 5.03. The molecule has 0 aliphatic carbocycles. The topological polar surface area (TPSA) is 84.4 Å². The number of pyridine rings is 1. The molecule has 0 fully saturated rings. The summed E-state index contributed by atoms with van der Waals surface area (Å²) in [6.45, 7) is 0.992. The molecule has 1 aliphatic rings. The van der Waals surface area contributed by atoms with E-state index >= 15 is 0 Å². The quantitative estimate of drug-likeness (QED) is 0.703. The van der Waals surface area contributed by atoms with Crippen LogP contribution in [-0.2, 0) is 24.8 Å². The fraction of sp³-hybridized carbons (Fsp3) is 0.250. The van der Waals surface area contributed by atoms with Crippen LogP contribution in [0.4, 0.5) is 0 Å². The van der Waals surface area contributed by atoms with Gasteiger partial charge in [0.1, 0.15) is 0 Å². The summed E-state index contributed by atoms with van der Waals surface area (Å²) in [4.78, 5) is 41.6. The van der Waals surface area contributed by atoms with E-state index < -0.39 is 5.97 Å². The van der Waals surface area contributed by atoms with E-state index in [0.717, 1.165) is 22.2 Å². The van der Waals surface area contributed by atoms with Gasteiger partial charge in [-0.05, 0) is 24.3 Å². The Bertz CT molecular complexity index is 1130. The largest absolute Gasteiger partial charge is 0.465 e. The van der Waals surface area contributed by atoms with Gasteiger partial charge in [0.15, 0.2) is 0 Å². The summed E-state index contributed by atoms with van der Waals surface area (Å²) >= 11 is 0. The Hall–Kier alpha value is -3.35. The van der Waals surface area contributed by atoms with Gasteiger partial charge in [-0.25, -0.2) is 4.79 Å². The van der Waals surface area contributed by atoms with Crippen molar-refractivity contribution in [1.29, 1.82) is 0 Å². The molecule has 3 heterocycles. The van der Waals surface area contributed by atoms with Gasteiger partial charge in [-0.3, -0.25) is 9.59 Å². The summed E-state index contributed by atoms with van der Waals surface area (Å²) in [7, 11) is 3.00. The standard InChI is InChI=1S/C20H19N3O4/c1-22-7-5-12(10-18(22)24)19(25)23-8-6-17-15(11-23)14-9-13(20(26)27-2)3-4-16(14)21-17/h3-5,7,9-10,21H,6,8,11H2,1-2H3. The smallest absolute Gasteiger partial charge is 0.337 e. The van der Waals surface area contributed by atoms with Gasteiger partial charge in [0, 0.05) is 66.5 Å². The first-order valence-electron chi connectivity index (χ1n) is 8.65. The van der Waals surface area contributed by atoms with Crippen LogP contribution in [0.2, 0.25) is 0 Å². The molecule has 3 aromatic rings. The first-order valence-corrected chi connectivity index (χ1v) is 8.65. The Morgan fingerprint density at radius 1 is 1.15 bits per heavy atom. The minimum atomic E-state index is -0.393. The molecule has 7 nitrogen and oxygen atoms in total. The Labute approximate surface area is 155 Å². The number of hydrogen-bond acceptors (Lipinski definition) is 4. The SMILES string of the molecule is COC(=O)c1ccc2[nH]c3c(c2c1)CN(C(=O)c1ccn(C)c(=O)c1)CC3. The second-order valence-electron chi connectivity index (χ2n) is 6.68. The molecule has 0 radical (unpaired) electrons. The van der Waals surface area contributed by atoms with Gasteiger partial charge in [0.25, 0.3) is 11.5 Å². The Morgan fingerprint density at radius 2 is 1.96 bits per heavy atom. The average molecular weight is 365 g/mol. The van der Waals surface area contributed by atoms with Crippen LogP contribution in [0.15, 0.2) is 41.3 Å². The minimum Gasteiger partial charge on any atom is -0.465 e. The molecule has 2 aromatic heterocycles. The first-order chi connectivity index (χ1) is 13.0. The molecule has 0 unspecified atom stereocenters. The van der Waals surface area contributed by atoms with Crippen molar-refractivity contribution in [1.82, 2.24) is 14.5 Å². The first kappa shape index (κ1) is 17.1. The molecule has 0 atom stereocenters. The number of rotatable bonds is 2. The fourth-order valence-electron chi connectivity index (χ4n) is 3.50. The highest BCUT2D eigenvalue weighted by Gasteiger charge is 2.25. The minimum absolute atomic E-state index is 0.170. The van der Waals surface area contributed by atoms with Crippen molar-refractivity contribution in [2.24, 2.45) is 7.05 Å². The molecule has 138 valence electrons. The molecule has 1 aliphatic heterocycles. The van der Waals surface area contributed by atoms with Crippen LogP contribution in [0.5, 0.6) is 0 Å². The van der Waals surface area contributed by atoms with Gasteiger partial charge in [-0.1, -0.05) is 0 Å². The van der Waals surface area contributed by atoms with Crippen LogP contribution < -0.4 is 5.56 Å². The van der Waals surface area contributed by atoms with Crippen molar-refractivity contribution in [3.8, 4) is 0 Å². The second-order valence-corrected chi connectivity index (χ2v) is 6.68. The molecule has 0 bridgehead atoms. The number of benzene rings is 1. The van der Waals surface area contributed by atoms with Crippen LogP contribution >= 0.6 is 0 Å². The molecule has 7 heteroatoms. The van der Waals surface area contributed by atoms with Gasteiger partial charge in [-0.15, -0.1) is 0 Å². The van der Waals surface area contributed by atoms with Crippen molar-refractivity contribution >= 4 is 22.8 Å². The van der Waals surface area contributed by atoms with Crippen LogP contribution in [-0.4, -0.2) is 40.0 Å². The zero-order valence-electron chi connectivity index (χ0n) is 15.1. The number of nitrogens with zero attached hydrogens (tertiary/aromatic N) is 2. The van der Waals surface area contributed by atoms with E-state index in [1.54, 1.807) is 36.3 Å². The number of aromatic nitrogens is 2. The fourth-order valence-corrected chi connectivity index (χ4v) is 3.50. The van der Waals surface area contributed by atoms with Crippen molar-refractivity contribution < 1.29 is 14.3 Å². The van der Waals surface area contributed by atoms with Gasteiger partial charge in [0.2, 0.25) is 0 Å². The van der Waals surface area contributed by atoms with E-state index in [-0.39, 0.29) is 11.5 Å². The van der Waals surface area contributed by atoms with Gasteiger partial charge in [-0.2, -0.15) is 0 Å². The van der Waals surface area contributed by atoms with Crippen molar-refractivity contribution in [3.63, 3.8) is 0 Å². The molecule has 27 heavy (non-hydrogen) atoms. The zero-order chi connectivity index (χ0) is 19.1. The molecular weight excluding hydrogens is 346 g/mol. The molecule has 4 rings (SSSR count). The monoisotopic (exact) mass is 365 g/mol. The molecule has 0 saturated heterocycles. The predicted octanol–water partition coefficient (Wildman–Crippen LogP) is 1.85. The lowest BCUT2D eigenvalue weighted by atomic mass is 10.0. The van der Waals surface area contributed by atoms with Crippen molar-refractivity contribution in [2.75, 3.05) is 13.7 Å². The lowest BCUT2D eigenvalue weighted by Gasteiger charge is -2.27. The summed E-state index contributed by atoms with van der Waals surface area (Å²) in [5.74, 6) is -0.562. The highest BCUT2D eigenvalue weighted by atomic mass is 16.5. The number of ether oxygens (including phenoxy) is 1. The summed E-state index contributed by atoms with van der Waals surface area (Å²) < 4.78 is 6.23. The number of carbonyl (C=O) groups excluding carboxylic acids is 2. The van der Waals surface area contributed by atoms with Gasteiger partial charge >= 0.3 is 5.97 Å². The summed E-state index contributed by atoms with van der Waals surface area (Å²) in [6, 6.07) is 8.39. The number of nitrogens with one attached hydrogen (secondary N) is 1. The van der Waals surface area contributed by atoms with Crippen LogP contribution in [0.3, 0.4) is 0 Å². The van der Waals surface area contributed by atoms with E-state index in [9.17, 15) is 14.4 Å². The third kappa shape index (κ3) is 2.91. The highest BCUT2D eigenvalue weighted by molar-refractivity contribution is 5.97. The van der Waals surface area contributed by atoms with Crippen molar-refractivity contribution in [3.05, 3.63) is 69.3 Å². The Morgan fingerprint density at radius 3 is 2.70 bits per heavy atom. The van der Waals surface area contributed by atoms with E-state index in [1.165, 1.54) is 17.7 Å². The van der Waals surface area contributed by atoms with E-state index in [0.29, 0.717) is 30.6 Å². The maximum absolute atomic E-state index is 12.8. The predicted molar refractivity (Wildman–Crippen MR) is 99.8 cm³/mol.